The standard InChI is InChI=1S/C23H33N3O3S/c1-16-8-10-19(20(12-16)29-23(3,4)5)15-26-22(24-6)25-14-18-9-11-21(17(2)13-18)30(7,27)28/h8-13H,14-15H2,1-7H3,(H2,24,25,26). The van der Waals surface area contributed by atoms with Gasteiger partial charge in [-0.3, -0.25) is 4.99 Å². The number of aliphatic imine (C=N–C) groups is 1. The van der Waals surface area contributed by atoms with E-state index in [2.05, 4.69) is 27.8 Å². The Morgan fingerprint density at radius 3 is 2.27 bits per heavy atom. The van der Waals surface area contributed by atoms with E-state index in [0.29, 0.717) is 23.9 Å². The van der Waals surface area contributed by atoms with Crippen molar-refractivity contribution in [1.82, 2.24) is 10.6 Å². The summed E-state index contributed by atoms with van der Waals surface area (Å²) in [7, 11) is -1.50. The summed E-state index contributed by atoms with van der Waals surface area (Å²) in [5, 5.41) is 6.58. The zero-order chi connectivity index (χ0) is 22.5. The molecule has 164 valence electrons. The normalized spacial score (nSPS) is 12.6. The Morgan fingerprint density at radius 2 is 1.70 bits per heavy atom. The molecule has 0 radical (unpaired) electrons. The molecule has 30 heavy (non-hydrogen) atoms. The number of hydrogen-bond donors (Lipinski definition) is 2. The van der Waals surface area contributed by atoms with Crippen LogP contribution in [0.15, 0.2) is 46.3 Å². The lowest BCUT2D eigenvalue weighted by Crippen LogP contribution is -2.36. The predicted octanol–water partition coefficient (Wildman–Crippen LogP) is 3.75. The molecule has 2 rings (SSSR count). The molecule has 0 saturated heterocycles. The Labute approximate surface area is 180 Å². The molecule has 2 aromatic carbocycles. The fraction of sp³-hybridized carbons (Fsp3) is 0.435. The molecule has 0 amide bonds. The Balaban J connectivity index is 2.04. The molecule has 0 saturated carbocycles. The van der Waals surface area contributed by atoms with Gasteiger partial charge >= 0.3 is 0 Å². The zero-order valence-corrected chi connectivity index (χ0v) is 19.8. The van der Waals surface area contributed by atoms with E-state index in [4.69, 9.17) is 4.74 Å². The molecule has 0 aliphatic heterocycles. The maximum Gasteiger partial charge on any atom is 0.191 e. The second kappa shape index (κ2) is 9.51. The molecule has 0 unspecified atom stereocenters. The molecule has 2 N–H and O–H groups in total. The number of ether oxygens (including phenoxy) is 1. The first-order valence-corrected chi connectivity index (χ1v) is 11.8. The smallest absolute Gasteiger partial charge is 0.191 e. The summed E-state index contributed by atoms with van der Waals surface area (Å²) in [6.07, 6.45) is 1.22. The lowest BCUT2D eigenvalue weighted by Gasteiger charge is -2.24. The first-order valence-electron chi connectivity index (χ1n) is 9.92. The van der Waals surface area contributed by atoms with E-state index in [9.17, 15) is 8.42 Å². The topological polar surface area (TPSA) is 79.8 Å². The molecule has 0 aromatic heterocycles. The second-order valence-electron chi connectivity index (χ2n) is 8.48. The molecule has 0 aliphatic rings. The second-order valence-corrected chi connectivity index (χ2v) is 10.5. The van der Waals surface area contributed by atoms with Crippen molar-refractivity contribution in [1.29, 1.82) is 0 Å². The Bertz CT molecular complexity index is 1020. The van der Waals surface area contributed by atoms with Crippen LogP contribution in [0, 0.1) is 13.8 Å². The molecule has 2 aromatic rings. The molecule has 0 aliphatic carbocycles. The van der Waals surface area contributed by atoms with Gasteiger partial charge in [0.1, 0.15) is 11.4 Å². The minimum atomic E-state index is -3.21. The van der Waals surface area contributed by atoms with E-state index in [1.165, 1.54) is 6.26 Å². The molecule has 7 heteroatoms. The van der Waals surface area contributed by atoms with Gasteiger partial charge in [-0.05, 0) is 63.4 Å². The van der Waals surface area contributed by atoms with Crippen molar-refractivity contribution >= 4 is 15.8 Å². The lowest BCUT2D eigenvalue weighted by atomic mass is 10.1. The van der Waals surface area contributed by atoms with E-state index < -0.39 is 9.84 Å². The molecule has 0 bridgehead atoms. The molecular weight excluding hydrogens is 398 g/mol. The number of nitrogens with zero attached hydrogens (tertiary/aromatic N) is 1. The van der Waals surface area contributed by atoms with Crippen molar-refractivity contribution in [3.05, 3.63) is 58.7 Å². The van der Waals surface area contributed by atoms with Gasteiger partial charge in [-0.15, -0.1) is 0 Å². The monoisotopic (exact) mass is 431 g/mol. The van der Waals surface area contributed by atoms with Crippen LogP contribution in [0.3, 0.4) is 0 Å². The Kier molecular flexibility index (Phi) is 7.53. The van der Waals surface area contributed by atoms with E-state index in [0.717, 1.165) is 28.0 Å². The predicted molar refractivity (Wildman–Crippen MR) is 123 cm³/mol. The average molecular weight is 432 g/mol. The summed E-state index contributed by atoms with van der Waals surface area (Å²) < 4.78 is 29.7. The third-order valence-corrected chi connectivity index (χ3v) is 5.66. The lowest BCUT2D eigenvalue weighted by molar-refractivity contribution is 0.129. The SMILES string of the molecule is CN=C(NCc1ccc(S(C)(=O)=O)c(C)c1)NCc1ccc(C)cc1OC(C)(C)C. The van der Waals surface area contributed by atoms with Crippen LogP contribution in [-0.4, -0.2) is 33.3 Å². The summed E-state index contributed by atoms with van der Waals surface area (Å²) in [5.41, 5.74) is 3.64. The van der Waals surface area contributed by atoms with Crippen molar-refractivity contribution < 1.29 is 13.2 Å². The summed E-state index contributed by atoms with van der Waals surface area (Å²) in [4.78, 5) is 4.64. The van der Waals surface area contributed by atoms with Gasteiger partial charge in [-0.25, -0.2) is 8.42 Å². The van der Waals surface area contributed by atoms with Gasteiger partial charge in [0.05, 0.1) is 4.90 Å². The van der Waals surface area contributed by atoms with Gasteiger partial charge in [0.25, 0.3) is 0 Å². The number of hydrogen-bond acceptors (Lipinski definition) is 4. The highest BCUT2D eigenvalue weighted by Crippen LogP contribution is 2.24. The molecule has 6 nitrogen and oxygen atoms in total. The van der Waals surface area contributed by atoms with Crippen LogP contribution in [0.5, 0.6) is 5.75 Å². The highest BCUT2D eigenvalue weighted by molar-refractivity contribution is 7.90. The maximum absolute atomic E-state index is 11.8. The number of guanidine groups is 1. The van der Waals surface area contributed by atoms with Crippen molar-refractivity contribution in [3.63, 3.8) is 0 Å². The Hall–Kier alpha value is -2.54. The van der Waals surface area contributed by atoms with Crippen molar-refractivity contribution in [3.8, 4) is 5.75 Å². The number of sulfone groups is 1. The quantitative estimate of drug-likeness (QED) is 0.538. The van der Waals surface area contributed by atoms with Gasteiger partial charge in [-0.1, -0.05) is 24.3 Å². The van der Waals surface area contributed by atoms with Crippen molar-refractivity contribution in [2.75, 3.05) is 13.3 Å². The van der Waals surface area contributed by atoms with Gasteiger partial charge in [0.15, 0.2) is 15.8 Å². The van der Waals surface area contributed by atoms with E-state index in [1.54, 1.807) is 20.0 Å². The molecule has 0 fully saturated rings. The van der Waals surface area contributed by atoms with Crippen molar-refractivity contribution in [2.24, 2.45) is 4.99 Å². The van der Waals surface area contributed by atoms with E-state index in [1.807, 2.05) is 45.9 Å². The summed E-state index contributed by atoms with van der Waals surface area (Å²) >= 11 is 0. The zero-order valence-electron chi connectivity index (χ0n) is 19.0. The summed E-state index contributed by atoms with van der Waals surface area (Å²) in [6, 6.07) is 11.5. The van der Waals surface area contributed by atoms with Crippen LogP contribution in [0.4, 0.5) is 0 Å². The highest BCUT2D eigenvalue weighted by Gasteiger charge is 2.15. The first kappa shape index (κ1) is 23.7. The van der Waals surface area contributed by atoms with Crippen LogP contribution >= 0.6 is 0 Å². The number of rotatable bonds is 6. The summed E-state index contributed by atoms with van der Waals surface area (Å²) in [5.74, 6) is 1.51. The van der Waals surface area contributed by atoms with Crippen LogP contribution in [0.25, 0.3) is 0 Å². The van der Waals surface area contributed by atoms with Crippen LogP contribution < -0.4 is 15.4 Å². The molecule has 0 atom stereocenters. The minimum absolute atomic E-state index is 0.279. The van der Waals surface area contributed by atoms with Crippen LogP contribution in [0.1, 0.15) is 43.0 Å². The third-order valence-electron chi connectivity index (χ3n) is 4.41. The maximum atomic E-state index is 11.8. The van der Waals surface area contributed by atoms with Crippen LogP contribution in [0.2, 0.25) is 0 Å². The fourth-order valence-corrected chi connectivity index (χ4v) is 4.01. The molecule has 0 spiro atoms. The highest BCUT2D eigenvalue weighted by atomic mass is 32.2. The van der Waals surface area contributed by atoms with Gasteiger partial charge in [0, 0.05) is 32.0 Å². The van der Waals surface area contributed by atoms with E-state index >= 15 is 0 Å². The van der Waals surface area contributed by atoms with Crippen LogP contribution in [-0.2, 0) is 22.9 Å². The number of benzene rings is 2. The number of nitrogens with one attached hydrogen (secondary N) is 2. The van der Waals surface area contributed by atoms with Gasteiger partial charge in [0.2, 0.25) is 0 Å². The molecule has 0 heterocycles. The largest absolute Gasteiger partial charge is 0.488 e. The Morgan fingerprint density at radius 1 is 1.03 bits per heavy atom. The third kappa shape index (κ3) is 7.06. The van der Waals surface area contributed by atoms with Crippen molar-refractivity contribution in [2.45, 2.75) is 58.2 Å². The van der Waals surface area contributed by atoms with Gasteiger partial charge in [-0.2, -0.15) is 0 Å². The number of aryl methyl sites for hydroxylation is 2. The first-order chi connectivity index (χ1) is 13.9. The van der Waals surface area contributed by atoms with E-state index in [-0.39, 0.29) is 5.60 Å². The fourth-order valence-electron chi connectivity index (χ4n) is 3.06. The summed E-state index contributed by atoms with van der Waals surface area (Å²) in [6.45, 7) is 11.0. The minimum Gasteiger partial charge on any atom is -0.488 e. The van der Waals surface area contributed by atoms with Gasteiger partial charge < -0.3 is 15.4 Å². The molecular formula is C23H33N3O3S. The average Bonchev–Trinajstić information content (AvgIpc) is 2.61.